The molecule has 2 unspecified atom stereocenters. The second kappa shape index (κ2) is 10.0. The van der Waals surface area contributed by atoms with E-state index < -0.39 is 0 Å². The van der Waals surface area contributed by atoms with E-state index in [-0.39, 0.29) is 0 Å². The zero-order valence-corrected chi connectivity index (χ0v) is 21.1. The Labute approximate surface area is 221 Å². The predicted molar refractivity (Wildman–Crippen MR) is 143 cm³/mol. The fourth-order valence-electron chi connectivity index (χ4n) is 5.41. The summed E-state index contributed by atoms with van der Waals surface area (Å²) >= 11 is 0. The summed E-state index contributed by atoms with van der Waals surface area (Å²) in [5, 5.41) is 14.0. The van der Waals surface area contributed by atoms with Crippen LogP contribution < -0.4 is 14.4 Å². The van der Waals surface area contributed by atoms with Crippen LogP contribution in [0.2, 0.25) is 0 Å². The Morgan fingerprint density at radius 2 is 1.97 bits per heavy atom. The van der Waals surface area contributed by atoms with Crippen LogP contribution in [-0.4, -0.2) is 63.4 Å². The minimum Gasteiger partial charge on any atom is -0.491 e. The number of terminal acetylenes is 1. The number of hydrogen-bond donors (Lipinski definition) is 0. The van der Waals surface area contributed by atoms with Gasteiger partial charge in [0, 0.05) is 67.7 Å². The molecule has 3 aliphatic heterocycles. The highest BCUT2D eigenvalue weighted by atomic mass is 16.5. The Morgan fingerprint density at radius 1 is 1.11 bits per heavy atom. The second-order valence-corrected chi connectivity index (χ2v) is 9.59. The summed E-state index contributed by atoms with van der Waals surface area (Å²) in [7, 11) is 1.63. The molecule has 3 fully saturated rings. The molecule has 0 aliphatic carbocycles. The highest BCUT2D eigenvalue weighted by Crippen LogP contribution is 2.36. The van der Waals surface area contributed by atoms with Gasteiger partial charge in [0.1, 0.15) is 17.6 Å². The number of fused-ring (bicyclic) bond motifs is 3. The number of ether oxygens (including phenoxy) is 2. The van der Waals surface area contributed by atoms with Crippen LogP contribution in [0.1, 0.15) is 24.0 Å². The number of anilines is 1. The van der Waals surface area contributed by atoms with E-state index in [1.165, 1.54) is 12.0 Å². The first-order valence-electron chi connectivity index (χ1n) is 12.6. The second-order valence-electron chi connectivity index (χ2n) is 9.59. The van der Waals surface area contributed by atoms with Crippen molar-refractivity contribution in [2.75, 3.05) is 31.7 Å². The molecule has 7 rings (SSSR count). The van der Waals surface area contributed by atoms with Crippen LogP contribution >= 0.6 is 0 Å². The molecule has 7 heterocycles. The van der Waals surface area contributed by atoms with E-state index in [1.807, 2.05) is 24.5 Å². The van der Waals surface area contributed by atoms with Crippen molar-refractivity contribution in [3.05, 3.63) is 66.2 Å². The van der Waals surface area contributed by atoms with E-state index in [4.69, 9.17) is 20.9 Å². The van der Waals surface area contributed by atoms with Crippen molar-refractivity contribution in [3.8, 4) is 41.2 Å². The van der Waals surface area contributed by atoms with Gasteiger partial charge >= 0.3 is 0 Å². The molecule has 4 aromatic heterocycles. The van der Waals surface area contributed by atoms with Crippen molar-refractivity contribution in [2.45, 2.75) is 31.5 Å². The standard InChI is InChI=1S/C29H27N7O2/c1-3-4-9-38-25-11-26(29-22(12-30)15-33-36(29)19-25)21-6-7-27(31-14-21)34-17-23-10-24(18-34)35(23)16-20-5-8-28(37-2)32-13-20/h1,5-8,11,13-15,19,23-24H,4,9-10,16-18H2,2H3. The molecule has 3 aliphatic rings. The molecule has 9 heteroatoms. The monoisotopic (exact) mass is 505 g/mol. The molecule has 0 saturated carbocycles. The van der Waals surface area contributed by atoms with Gasteiger partial charge in [-0.3, -0.25) is 4.90 Å². The minimum absolute atomic E-state index is 0.411. The topological polar surface area (TPSA) is 91.8 Å². The number of piperidine rings is 1. The Kier molecular flexibility index (Phi) is 6.28. The Morgan fingerprint density at radius 3 is 2.66 bits per heavy atom. The van der Waals surface area contributed by atoms with Crippen molar-refractivity contribution >= 4 is 11.3 Å². The van der Waals surface area contributed by atoms with Gasteiger partial charge in [-0.1, -0.05) is 6.07 Å². The third-order valence-electron chi connectivity index (χ3n) is 7.32. The molecule has 0 radical (unpaired) electrons. The normalized spacial score (nSPS) is 18.4. The third-order valence-corrected chi connectivity index (χ3v) is 7.32. The minimum atomic E-state index is 0.411. The number of nitriles is 1. The highest BCUT2D eigenvalue weighted by Gasteiger charge is 2.44. The molecule has 0 spiro atoms. The molecule has 9 nitrogen and oxygen atoms in total. The number of pyridine rings is 3. The van der Waals surface area contributed by atoms with Gasteiger partial charge in [-0.05, 0) is 30.2 Å². The van der Waals surface area contributed by atoms with Crippen molar-refractivity contribution < 1.29 is 9.47 Å². The molecule has 190 valence electrons. The lowest BCUT2D eigenvalue weighted by atomic mass is 9.87. The van der Waals surface area contributed by atoms with Crippen LogP contribution in [0.25, 0.3) is 16.6 Å². The summed E-state index contributed by atoms with van der Waals surface area (Å²) in [6, 6.07) is 13.3. The largest absolute Gasteiger partial charge is 0.491 e. The first-order valence-corrected chi connectivity index (χ1v) is 12.6. The molecule has 2 bridgehead atoms. The van der Waals surface area contributed by atoms with E-state index in [9.17, 15) is 5.26 Å². The van der Waals surface area contributed by atoms with Gasteiger partial charge in [0.25, 0.3) is 0 Å². The summed E-state index contributed by atoms with van der Waals surface area (Å²) in [5.74, 6) is 4.82. The van der Waals surface area contributed by atoms with E-state index in [2.05, 4.69) is 50.1 Å². The molecular formula is C29H27N7O2. The van der Waals surface area contributed by atoms with Crippen LogP contribution in [0.3, 0.4) is 0 Å². The fraction of sp³-hybridized carbons (Fsp3) is 0.310. The Balaban J connectivity index is 1.19. The first kappa shape index (κ1) is 23.8. The maximum Gasteiger partial charge on any atom is 0.212 e. The van der Waals surface area contributed by atoms with E-state index in [0.29, 0.717) is 42.3 Å². The van der Waals surface area contributed by atoms with Gasteiger partial charge in [0.15, 0.2) is 0 Å². The molecule has 0 N–H and O–H groups in total. The maximum absolute atomic E-state index is 9.63. The lowest BCUT2D eigenvalue weighted by Gasteiger charge is -2.56. The van der Waals surface area contributed by atoms with E-state index >= 15 is 0 Å². The lowest BCUT2D eigenvalue weighted by molar-refractivity contribution is -0.00876. The van der Waals surface area contributed by atoms with Gasteiger partial charge < -0.3 is 14.4 Å². The molecule has 38 heavy (non-hydrogen) atoms. The van der Waals surface area contributed by atoms with Crippen molar-refractivity contribution in [3.63, 3.8) is 0 Å². The Hall–Kier alpha value is -4.60. The zero-order chi connectivity index (χ0) is 26.1. The Bertz CT molecular complexity index is 1520. The van der Waals surface area contributed by atoms with E-state index in [1.54, 1.807) is 24.0 Å². The number of piperazine rings is 1. The predicted octanol–water partition coefficient (Wildman–Crippen LogP) is 3.54. The number of nitrogens with zero attached hydrogens (tertiary/aromatic N) is 7. The number of rotatable bonds is 8. The van der Waals surface area contributed by atoms with Crippen LogP contribution in [0, 0.1) is 23.7 Å². The summed E-state index contributed by atoms with van der Waals surface area (Å²) in [5.41, 5.74) is 4.17. The number of aromatic nitrogens is 4. The van der Waals surface area contributed by atoms with Crippen molar-refractivity contribution in [2.24, 2.45) is 0 Å². The van der Waals surface area contributed by atoms with Gasteiger partial charge in [0.05, 0.1) is 37.2 Å². The first-order chi connectivity index (χ1) is 18.7. The fourth-order valence-corrected chi connectivity index (χ4v) is 5.41. The van der Waals surface area contributed by atoms with Crippen LogP contribution in [0.5, 0.6) is 11.6 Å². The average molecular weight is 506 g/mol. The van der Waals surface area contributed by atoms with Crippen molar-refractivity contribution in [1.29, 1.82) is 5.26 Å². The zero-order valence-electron chi connectivity index (χ0n) is 21.1. The molecule has 0 amide bonds. The smallest absolute Gasteiger partial charge is 0.212 e. The quantitative estimate of drug-likeness (QED) is 0.265. The lowest BCUT2D eigenvalue weighted by Crippen LogP contribution is -2.68. The maximum atomic E-state index is 9.63. The summed E-state index contributed by atoms with van der Waals surface area (Å²) in [6.45, 7) is 3.19. The molecule has 0 aromatic carbocycles. The molecular weight excluding hydrogens is 478 g/mol. The van der Waals surface area contributed by atoms with Crippen molar-refractivity contribution in [1.82, 2.24) is 24.5 Å². The van der Waals surface area contributed by atoms with E-state index in [0.717, 1.165) is 42.1 Å². The molecule has 4 aromatic rings. The molecule has 3 saturated heterocycles. The van der Waals surface area contributed by atoms with Crippen LogP contribution in [0.15, 0.2) is 55.1 Å². The average Bonchev–Trinajstić information content (AvgIpc) is 3.39. The summed E-state index contributed by atoms with van der Waals surface area (Å²) in [6.07, 6.45) is 14.2. The summed E-state index contributed by atoms with van der Waals surface area (Å²) in [4.78, 5) is 14.1. The SMILES string of the molecule is C#CCCOc1cc(-c2ccc(N3CC4CC(C3)N4Cc3ccc(OC)nc3)nc2)c2c(C#N)cnn2c1. The third kappa shape index (κ3) is 4.38. The van der Waals surface area contributed by atoms with Gasteiger partial charge in [-0.15, -0.1) is 12.3 Å². The number of methoxy groups -OCH3 is 1. The van der Waals surface area contributed by atoms with Gasteiger partial charge in [0.2, 0.25) is 5.88 Å². The van der Waals surface area contributed by atoms with Crippen LogP contribution in [0.4, 0.5) is 5.82 Å². The molecule has 2 atom stereocenters. The van der Waals surface area contributed by atoms with Gasteiger partial charge in [-0.2, -0.15) is 10.4 Å². The highest BCUT2D eigenvalue weighted by molar-refractivity contribution is 5.85. The van der Waals surface area contributed by atoms with Gasteiger partial charge in [-0.25, -0.2) is 14.5 Å². The summed E-state index contributed by atoms with van der Waals surface area (Å²) < 4.78 is 12.7. The number of hydrogen-bond acceptors (Lipinski definition) is 8. The van der Waals surface area contributed by atoms with Crippen LogP contribution in [-0.2, 0) is 6.54 Å².